The van der Waals surface area contributed by atoms with Crippen LogP contribution < -0.4 is 9.80 Å². The number of aliphatic hydroxyl groups excluding tert-OH is 1. The molecule has 0 saturated heterocycles. The van der Waals surface area contributed by atoms with Gasteiger partial charge in [-0.05, 0) is 66.2 Å². The molecule has 0 radical (unpaired) electrons. The Labute approximate surface area is 201 Å². The minimum atomic E-state index is -0.818. The molecular formula is C26H24N4O3S. The minimum Gasteiger partial charge on any atom is -0.503 e. The lowest BCUT2D eigenvalue weighted by molar-refractivity contribution is -0.117. The summed E-state index contributed by atoms with van der Waals surface area (Å²) in [5.74, 6) is -1.29. The van der Waals surface area contributed by atoms with Crippen molar-refractivity contribution >= 4 is 45.7 Å². The van der Waals surface area contributed by atoms with E-state index >= 15 is 0 Å². The van der Waals surface area contributed by atoms with Crippen LogP contribution in [-0.2, 0) is 4.79 Å². The van der Waals surface area contributed by atoms with Crippen molar-refractivity contribution < 1.29 is 14.7 Å². The van der Waals surface area contributed by atoms with Crippen molar-refractivity contribution in [1.29, 1.82) is 0 Å². The average Bonchev–Trinajstić information content (AvgIpc) is 3.53. The van der Waals surface area contributed by atoms with Crippen LogP contribution in [0.15, 0.2) is 65.2 Å². The second-order valence-corrected chi connectivity index (χ2v) is 9.59. The van der Waals surface area contributed by atoms with E-state index in [4.69, 9.17) is 0 Å². The van der Waals surface area contributed by atoms with E-state index in [2.05, 4.69) is 9.97 Å². The van der Waals surface area contributed by atoms with Crippen LogP contribution >= 0.6 is 11.3 Å². The third-order valence-corrected chi connectivity index (χ3v) is 7.10. The predicted molar refractivity (Wildman–Crippen MR) is 135 cm³/mol. The number of ketones is 1. The number of Topliss-reactive ketones (excluding diaryl/α,β-unsaturated/α-hetero) is 1. The Kier molecular flexibility index (Phi) is 5.25. The van der Waals surface area contributed by atoms with Crippen molar-refractivity contribution in [3.05, 3.63) is 86.8 Å². The number of carbonyl (C=O) groups excluding carboxylic acids is 2. The summed E-state index contributed by atoms with van der Waals surface area (Å²) < 4.78 is 0. The molecule has 8 heteroatoms. The molecule has 2 aromatic carbocycles. The Hall–Kier alpha value is -3.91. The molecular weight excluding hydrogens is 448 g/mol. The molecule has 0 spiro atoms. The van der Waals surface area contributed by atoms with E-state index in [1.807, 2.05) is 69.2 Å². The molecule has 172 valence electrons. The average molecular weight is 473 g/mol. The maximum absolute atomic E-state index is 13.4. The number of thiophene rings is 1. The number of aryl methyl sites for hydroxylation is 2. The molecule has 2 N–H and O–H groups in total. The molecule has 34 heavy (non-hydrogen) atoms. The van der Waals surface area contributed by atoms with Crippen molar-refractivity contribution in [2.24, 2.45) is 0 Å². The lowest BCUT2D eigenvalue weighted by Crippen LogP contribution is -2.32. The first-order chi connectivity index (χ1) is 16.3. The number of nitrogens with zero attached hydrogens (tertiary/aromatic N) is 3. The van der Waals surface area contributed by atoms with Gasteiger partial charge in [-0.3, -0.25) is 14.5 Å². The van der Waals surface area contributed by atoms with E-state index in [-0.39, 0.29) is 17.3 Å². The van der Waals surface area contributed by atoms with Crippen LogP contribution in [0.4, 0.5) is 11.6 Å². The van der Waals surface area contributed by atoms with Crippen LogP contribution in [0.1, 0.15) is 32.4 Å². The van der Waals surface area contributed by atoms with Gasteiger partial charge in [0.2, 0.25) is 11.7 Å². The molecule has 5 rings (SSSR count). The third kappa shape index (κ3) is 3.47. The summed E-state index contributed by atoms with van der Waals surface area (Å²) in [6, 6.07) is 14.2. The number of aromatic amines is 1. The van der Waals surface area contributed by atoms with Gasteiger partial charge in [0.05, 0.1) is 27.5 Å². The molecule has 1 amide bonds. The van der Waals surface area contributed by atoms with Gasteiger partial charge in [0, 0.05) is 19.8 Å². The third-order valence-electron chi connectivity index (χ3n) is 6.24. The summed E-state index contributed by atoms with van der Waals surface area (Å²) in [4.78, 5) is 38.5. The molecule has 1 unspecified atom stereocenters. The van der Waals surface area contributed by atoms with E-state index in [1.54, 1.807) is 17.5 Å². The fraction of sp³-hybridized carbons (Fsp3) is 0.192. The number of imidazole rings is 1. The van der Waals surface area contributed by atoms with Gasteiger partial charge in [-0.15, -0.1) is 11.3 Å². The van der Waals surface area contributed by atoms with Gasteiger partial charge in [-0.25, -0.2) is 4.98 Å². The maximum atomic E-state index is 13.4. The quantitative estimate of drug-likeness (QED) is 0.395. The van der Waals surface area contributed by atoms with Gasteiger partial charge in [0.1, 0.15) is 0 Å². The fourth-order valence-corrected chi connectivity index (χ4v) is 4.91. The molecule has 7 nitrogen and oxygen atoms in total. The number of fused-ring (bicyclic) bond motifs is 1. The molecule has 0 bridgehead atoms. The molecule has 0 aliphatic carbocycles. The number of rotatable bonds is 5. The molecule has 1 aliphatic heterocycles. The second-order valence-electron chi connectivity index (χ2n) is 8.65. The number of H-pyrrole nitrogens is 1. The molecule has 0 saturated carbocycles. The highest BCUT2D eigenvalue weighted by Gasteiger charge is 2.46. The standard InChI is InChI=1S/C26H24N4O3S/c1-14-12-18-19(13-15(14)2)28-26(27-18)30-22(16-7-9-17(10-8-16)29(3)4)21(24(32)25(30)33)23(31)20-6-5-11-34-20/h5-13,22,32H,1-4H3,(H,27,28). The highest BCUT2D eigenvalue weighted by molar-refractivity contribution is 7.12. The molecule has 4 aromatic rings. The SMILES string of the molecule is Cc1cc2nc(N3C(=O)C(O)=C(C(=O)c4cccs4)C3c3ccc(N(C)C)cc3)[nH]c2cc1C. The van der Waals surface area contributed by atoms with Crippen LogP contribution in [0.3, 0.4) is 0 Å². The van der Waals surface area contributed by atoms with Crippen molar-refractivity contribution in [2.75, 3.05) is 23.9 Å². The number of carbonyl (C=O) groups is 2. The Balaban J connectivity index is 1.67. The Morgan fingerprint density at radius 1 is 1.12 bits per heavy atom. The summed E-state index contributed by atoms with van der Waals surface area (Å²) in [5.41, 5.74) is 5.42. The maximum Gasteiger partial charge on any atom is 0.296 e. The summed E-state index contributed by atoms with van der Waals surface area (Å²) in [6.45, 7) is 4.01. The van der Waals surface area contributed by atoms with Gasteiger partial charge < -0.3 is 15.0 Å². The van der Waals surface area contributed by atoms with E-state index in [0.717, 1.165) is 22.3 Å². The lowest BCUT2D eigenvalue weighted by Gasteiger charge is -2.25. The van der Waals surface area contributed by atoms with E-state index < -0.39 is 17.7 Å². The van der Waals surface area contributed by atoms with Gasteiger partial charge in [0.25, 0.3) is 5.91 Å². The monoisotopic (exact) mass is 472 g/mol. The second kappa shape index (κ2) is 8.14. The topological polar surface area (TPSA) is 89.5 Å². The summed E-state index contributed by atoms with van der Waals surface area (Å²) in [7, 11) is 3.88. The zero-order valence-corrected chi connectivity index (χ0v) is 20.1. The predicted octanol–water partition coefficient (Wildman–Crippen LogP) is 5.09. The zero-order chi connectivity index (χ0) is 24.1. The molecule has 0 fully saturated rings. The van der Waals surface area contributed by atoms with Crippen LogP contribution in [0.2, 0.25) is 0 Å². The van der Waals surface area contributed by atoms with Gasteiger partial charge in [0.15, 0.2) is 5.76 Å². The molecule has 1 atom stereocenters. The van der Waals surface area contributed by atoms with E-state index in [9.17, 15) is 14.7 Å². The van der Waals surface area contributed by atoms with E-state index in [1.165, 1.54) is 16.2 Å². The van der Waals surface area contributed by atoms with Crippen LogP contribution in [-0.4, -0.2) is 40.9 Å². The lowest BCUT2D eigenvalue weighted by atomic mass is 9.95. The van der Waals surface area contributed by atoms with Crippen molar-refractivity contribution in [2.45, 2.75) is 19.9 Å². The van der Waals surface area contributed by atoms with Crippen molar-refractivity contribution in [1.82, 2.24) is 9.97 Å². The number of anilines is 2. The summed E-state index contributed by atoms with van der Waals surface area (Å²) in [6.07, 6.45) is 0. The first kappa shape index (κ1) is 21.9. The Morgan fingerprint density at radius 2 is 1.82 bits per heavy atom. The van der Waals surface area contributed by atoms with Crippen LogP contribution in [0, 0.1) is 13.8 Å². The van der Waals surface area contributed by atoms with Gasteiger partial charge in [-0.2, -0.15) is 0 Å². The number of amides is 1. The number of nitrogens with one attached hydrogen (secondary N) is 1. The van der Waals surface area contributed by atoms with E-state index in [0.29, 0.717) is 16.0 Å². The van der Waals surface area contributed by atoms with Crippen LogP contribution in [0.5, 0.6) is 0 Å². The zero-order valence-electron chi connectivity index (χ0n) is 19.3. The highest BCUT2D eigenvalue weighted by Crippen LogP contribution is 2.42. The number of hydrogen-bond acceptors (Lipinski definition) is 6. The minimum absolute atomic E-state index is 0.0536. The normalized spacial score (nSPS) is 16.1. The largest absolute Gasteiger partial charge is 0.503 e. The summed E-state index contributed by atoms with van der Waals surface area (Å²) >= 11 is 1.27. The smallest absolute Gasteiger partial charge is 0.296 e. The Bertz CT molecular complexity index is 1410. The van der Waals surface area contributed by atoms with Crippen LogP contribution in [0.25, 0.3) is 11.0 Å². The first-order valence-corrected chi connectivity index (χ1v) is 11.7. The number of aliphatic hydroxyl groups is 1. The van der Waals surface area contributed by atoms with Crippen molar-refractivity contribution in [3.63, 3.8) is 0 Å². The molecule has 1 aliphatic rings. The summed E-state index contributed by atoms with van der Waals surface area (Å²) in [5, 5.41) is 12.7. The first-order valence-electron chi connectivity index (χ1n) is 10.9. The van der Waals surface area contributed by atoms with Gasteiger partial charge >= 0.3 is 0 Å². The number of aromatic nitrogens is 2. The number of benzene rings is 2. The van der Waals surface area contributed by atoms with Crippen molar-refractivity contribution in [3.8, 4) is 0 Å². The highest BCUT2D eigenvalue weighted by atomic mass is 32.1. The number of hydrogen-bond donors (Lipinski definition) is 2. The molecule has 2 aromatic heterocycles. The molecule has 3 heterocycles. The fourth-order valence-electron chi connectivity index (χ4n) is 4.24. The Morgan fingerprint density at radius 3 is 2.47 bits per heavy atom. The van der Waals surface area contributed by atoms with Gasteiger partial charge in [-0.1, -0.05) is 18.2 Å².